The predicted molar refractivity (Wildman–Crippen MR) is 112 cm³/mol. The number of hydrogen-bond donors (Lipinski definition) is 1. The van der Waals surface area contributed by atoms with Crippen molar-refractivity contribution in [2.75, 3.05) is 6.61 Å². The fourth-order valence-corrected chi connectivity index (χ4v) is 2.97. The van der Waals surface area contributed by atoms with Gasteiger partial charge in [-0.3, -0.25) is 4.79 Å². The lowest BCUT2D eigenvalue weighted by molar-refractivity contribution is -0.123. The molecular formula is C20H15Cl3N2O3. The number of hydrazone groups is 1. The molecule has 3 aromatic rings. The maximum absolute atomic E-state index is 11.8. The number of halogens is 3. The molecular weight excluding hydrogens is 423 g/mol. The molecule has 0 fully saturated rings. The average Bonchev–Trinajstić information content (AvgIpc) is 3.12. The van der Waals surface area contributed by atoms with E-state index in [1.165, 1.54) is 6.21 Å². The lowest BCUT2D eigenvalue weighted by Gasteiger charge is -2.05. The Morgan fingerprint density at radius 2 is 1.89 bits per heavy atom. The summed E-state index contributed by atoms with van der Waals surface area (Å²) >= 11 is 18.1. The highest BCUT2D eigenvalue weighted by Gasteiger charge is 2.11. The van der Waals surface area contributed by atoms with Crippen LogP contribution in [0.2, 0.25) is 15.1 Å². The second-order valence-electron chi connectivity index (χ2n) is 5.85. The zero-order chi connectivity index (χ0) is 20.1. The summed E-state index contributed by atoms with van der Waals surface area (Å²) in [5.41, 5.74) is 4.02. The first-order valence-electron chi connectivity index (χ1n) is 8.18. The van der Waals surface area contributed by atoms with Crippen molar-refractivity contribution in [3.63, 3.8) is 0 Å². The number of amides is 1. The molecule has 8 heteroatoms. The van der Waals surface area contributed by atoms with Crippen LogP contribution in [0, 0.1) is 6.92 Å². The molecule has 1 amide bonds. The molecule has 28 heavy (non-hydrogen) atoms. The van der Waals surface area contributed by atoms with Crippen molar-refractivity contribution >= 4 is 46.9 Å². The number of rotatable bonds is 6. The van der Waals surface area contributed by atoms with E-state index in [1.54, 1.807) is 30.3 Å². The molecule has 144 valence electrons. The summed E-state index contributed by atoms with van der Waals surface area (Å²) in [7, 11) is 0. The summed E-state index contributed by atoms with van der Waals surface area (Å²) in [6, 6.07) is 14.0. The Kier molecular flexibility index (Phi) is 6.62. The molecule has 1 N–H and O–H groups in total. The minimum absolute atomic E-state index is 0.150. The minimum atomic E-state index is -0.392. The van der Waals surface area contributed by atoms with Crippen LogP contribution in [0.1, 0.15) is 11.3 Å². The van der Waals surface area contributed by atoms with Crippen LogP contribution < -0.4 is 10.2 Å². The van der Waals surface area contributed by atoms with Gasteiger partial charge < -0.3 is 9.15 Å². The van der Waals surface area contributed by atoms with Crippen molar-refractivity contribution in [2.24, 2.45) is 5.10 Å². The third kappa shape index (κ3) is 5.29. The Bertz CT molecular complexity index is 1030. The summed E-state index contributed by atoms with van der Waals surface area (Å²) in [6.45, 7) is 1.79. The first-order valence-corrected chi connectivity index (χ1v) is 9.32. The van der Waals surface area contributed by atoms with Crippen molar-refractivity contribution in [1.29, 1.82) is 0 Å². The monoisotopic (exact) mass is 436 g/mol. The van der Waals surface area contributed by atoms with Crippen molar-refractivity contribution < 1.29 is 13.9 Å². The Hall–Kier alpha value is -2.47. The zero-order valence-corrected chi connectivity index (χ0v) is 17.0. The molecule has 0 atom stereocenters. The van der Waals surface area contributed by atoms with Gasteiger partial charge in [-0.15, -0.1) is 0 Å². The predicted octanol–water partition coefficient (Wildman–Crippen LogP) is 5.74. The zero-order valence-electron chi connectivity index (χ0n) is 14.7. The standard InChI is InChI=1S/C20H15Cl3N2O3/c1-12-3-2-4-13(7-12)27-11-20(26)25-24-10-14-5-6-19(28-14)15-8-17(22)18(23)9-16(15)21/h2-10H,11H2,1H3,(H,25,26)/b24-10-. The largest absolute Gasteiger partial charge is 0.484 e. The minimum Gasteiger partial charge on any atom is -0.484 e. The van der Waals surface area contributed by atoms with E-state index in [1.807, 2.05) is 25.1 Å². The molecule has 1 aromatic heterocycles. The molecule has 0 spiro atoms. The average molecular weight is 438 g/mol. The number of hydrogen-bond acceptors (Lipinski definition) is 4. The Labute approximate surface area is 176 Å². The molecule has 0 saturated heterocycles. The molecule has 0 saturated carbocycles. The van der Waals surface area contributed by atoms with Gasteiger partial charge in [0.1, 0.15) is 17.3 Å². The summed E-state index contributed by atoms with van der Waals surface area (Å²) in [5.74, 6) is 1.15. The van der Waals surface area contributed by atoms with Gasteiger partial charge in [0.15, 0.2) is 6.61 Å². The van der Waals surface area contributed by atoms with Crippen LogP contribution in [0.15, 0.2) is 58.0 Å². The van der Waals surface area contributed by atoms with Gasteiger partial charge in [-0.05, 0) is 48.9 Å². The van der Waals surface area contributed by atoms with Gasteiger partial charge in [-0.25, -0.2) is 5.43 Å². The van der Waals surface area contributed by atoms with Gasteiger partial charge in [0.05, 0.1) is 21.3 Å². The van der Waals surface area contributed by atoms with E-state index < -0.39 is 5.91 Å². The van der Waals surface area contributed by atoms with Crippen LogP contribution in [0.3, 0.4) is 0 Å². The second-order valence-corrected chi connectivity index (χ2v) is 7.07. The molecule has 0 aliphatic carbocycles. The number of aryl methyl sites for hydroxylation is 1. The summed E-state index contributed by atoms with van der Waals surface area (Å²) in [4.78, 5) is 11.8. The lowest BCUT2D eigenvalue weighted by atomic mass is 10.2. The lowest BCUT2D eigenvalue weighted by Crippen LogP contribution is -2.24. The van der Waals surface area contributed by atoms with Gasteiger partial charge in [0.2, 0.25) is 0 Å². The highest BCUT2D eigenvalue weighted by molar-refractivity contribution is 6.44. The van der Waals surface area contributed by atoms with Gasteiger partial charge in [0, 0.05) is 5.56 Å². The Morgan fingerprint density at radius 3 is 2.68 bits per heavy atom. The second kappa shape index (κ2) is 9.15. The molecule has 0 aliphatic heterocycles. The smallest absolute Gasteiger partial charge is 0.277 e. The molecule has 3 rings (SSSR count). The fourth-order valence-electron chi connectivity index (χ4n) is 2.33. The van der Waals surface area contributed by atoms with E-state index in [4.69, 9.17) is 44.0 Å². The summed E-state index contributed by atoms with van der Waals surface area (Å²) in [6.07, 6.45) is 1.37. The van der Waals surface area contributed by atoms with Crippen molar-refractivity contribution in [2.45, 2.75) is 6.92 Å². The van der Waals surface area contributed by atoms with Crippen LogP contribution in [0.4, 0.5) is 0 Å². The Morgan fingerprint density at radius 1 is 1.11 bits per heavy atom. The number of nitrogens with one attached hydrogen (secondary N) is 1. The topological polar surface area (TPSA) is 63.8 Å². The maximum atomic E-state index is 11.8. The van der Waals surface area contributed by atoms with E-state index in [-0.39, 0.29) is 6.61 Å². The highest BCUT2D eigenvalue weighted by Crippen LogP contribution is 2.35. The van der Waals surface area contributed by atoms with E-state index in [0.717, 1.165) is 5.56 Å². The first-order chi connectivity index (χ1) is 13.4. The summed E-state index contributed by atoms with van der Waals surface area (Å²) in [5, 5.41) is 4.99. The molecule has 0 radical (unpaired) electrons. The molecule has 2 aromatic carbocycles. The molecule has 0 aliphatic rings. The normalized spacial score (nSPS) is 11.0. The third-order valence-electron chi connectivity index (χ3n) is 3.64. The van der Waals surface area contributed by atoms with Crippen LogP contribution in [-0.2, 0) is 4.79 Å². The van der Waals surface area contributed by atoms with Crippen LogP contribution in [0.25, 0.3) is 11.3 Å². The van der Waals surface area contributed by atoms with Crippen molar-refractivity contribution in [1.82, 2.24) is 5.43 Å². The molecule has 0 unspecified atom stereocenters. The van der Waals surface area contributed by atoms with E-state index in [2.05, 4.69) is 10.5 Å². The van der Waals surface area contributed by atoms with E-state index >= 15 is 0 Å². The van der Waals surface area contributed by atoms with Crippen LogP contribution in [-0.4, -0.2) is 18.7 Å². The maximum Gasteiger partial charge on any atom is 0.277 e. The molecule has 5 nitrogen and oxygen atoms in total. The third-order valence-corrected chi connectivity index (χ3v) is 4.68. The SMILES string of the molecule is Cc1cccc(OCC(=O)N/N=C\c2ccc(-c3cc(Cl)c(Cl)cc3Cl)o2)c1. The van der Waals surface area contributed by atoms with E-state index in [9.17, 15) is 4.79 Å². The van der Waals surface area contributed by atoms with Gasteiger partial charge in [-0.2, -0.15) is 5.10 Å². The Balaban J connectivity index is 1.57. The van der Waals surface area contributed by atoms with E-state index in [0.29, 0.717) is 37.9 Å². The van der Waals surface area contributed by atoms with Gasteiger partial charge >= 0.3 is 0 Å². The number of nitrogens with zero attached hydrogens (tertiary/aromatic N) is 1. The number of furan rings is 1. The van der Waals surface area contributed by atoms with Crippen molar-refractivity contribution in [3.8, 4) is 17.1 Å². The first kappa shape index (κ1) is 20.3. The number of carbonyl (C=O) groups is 1. The number of ether oxygens (including phenoxy) is 1. The van der Waals surface area contributed by atoms with Crippen LogP contribution in [0.5, 0.6) is 5.75 Å². The number of benzene rings is 2. The van der Waals surface area contributed by atoms with Crippen molar-refractivity contribution in [3.05, 3.63) is 74.9 Å². The molecule has 1 heterocycles. The fraction of sp³-hybridized carbons (Fsp3) is 0.100. The van der Waals surface area contributed by atoms with Gasteiger partial charge in [-0.1, -0.05) is 46.9 Å². The summed E-state index contributed by atoms with van der Waals surface area (Å²) < 4.78 is 11.1. The quantitative estimate of drug-likeness (QED) is 0.304. The highest BCUT2D eigenvalue weighted by atomic mass is 35.5. The molecule has 0 bridgehead atoms. The number of carbonyl (C=O) groups excluding carboxylic acids is 1. The van der Waals surface area contributed by atoms with Gasteiger partial charge in [0.25, 0.3) is 5.91 Å². The van der Waals surface area contributed by atoms with Crippen LogP contribution >= 0.6 is 34.8 Å².